The Morgan fingerprint density at radius 1 is 1.41 bits per heavy atom. The molecule has 2 rings (SSSR count). The Hall–Kier alpha value is -1.56. The number of nitrogens with one attached hydrogen (secondary N) is 1. The minimum atomic E-state index is -4.42. The van der Waals surface area contributed by atoms with Crippen LogP contribution in [0.5, 0.6) is 0 Å². The van der Waals surface area contributed by atoms with Crippen LogP contribution in [-0.2, 0) is 11.0 Å². The Morgan fingerprint density at radius 3 is 2.59 bits per heavy atom. The highest BCUT2D eigenvalue weighted by molar-refractivity contribution is 5.83. The minimum absolute atomic E-state index is 0.154. The second-order valence-electron chi connectivity index (χ2n) is 5.88. The van der Waals surface area contributed by atoms with E-state index >= 15 is 0 Å². The molecule has 6 heteroatoms. The molecule has 0 aliphatic heterocycles. The van der Waals surface area contributed by atoms with E-state index < -0.39 is 23.3 Å². The summed E-state index contributed by atoms with van der Waals surface area (Å²) in [5, 5.41) is 12.6. The van der Waals surface area contributed by atoms with E-state index in [2.05, 4.69) is 5.32 Å². The number of hydrogen-bond donors (Lipinski definition) is 2. The summed E-state index contributed by atoms with van der Waals surface area (Å²) in [6.45, 7) is 1.91. The Bertz CT molecular complexity index is 538. The van der Waals surface area contributed by atoms with Crippen molar-refractivity contribution in [3.8, 4) is 0 Å². The molecular weight excluding hydrogens is 295 g/mol. The number of carbonyl (C=O) groups excluding carboxylic acids is 1. The third kappa shape index (κ3) is 3.80. The SMILES string of the molecule is CCC(C(=O)NCC1(O)CCC1)c1cccc(C(F)(F)F)c1. The van der Waals surface area contributed by atoms with E-state index in [-0.39, 0.29) is 12.5 Å². The van der Waals surface area contributed by atoms with Crippen molar-refractivity contribution in [2.24, 2.45) is 0 Å². The molecule has 1 aliphatic rings. The smallest absolute Gasteiger partial charge is 0.388 e. The molecular formula is C16H20F3NO2. The summed E-state index contributed by atoms with van der Waals surface area (Å²) in [6.07, 6.45) is -1.81. The van der Waals surface area contributed by atoms with Crippen molar-refractivity contribution in [3.63, 3.8) is 0 Å². The van der Waals surface area contributed by atoms with Crippen LogP contribution in [-0.4, -0.2) is 23.2 Å². The fourth-order valence-corrected chi connectivity index (χ4v) is 2.64. The van der Waals surface area contributed by atoms with Crippen molar-refractivity contribution in [2.45, 2.75) is 50.3 Å². The zero-order valence-electron chi connectivity index (χ0n) is 12.4. The van der Waals surface area contributed by atoms with Crippen molar-refractivity contribution < 1.29 is 23.1 Å². The van der Waals surface area contributed by atoms with Crippen LogP contribution in [0.3, 0.4) is 0 Å². The summed E-state index contributed by atoms with van der Waals surface area (Å²) in [4.78, 5) is 12.2. The highest BCUT2D eigenvalue weighted by Crippen LogP contribution is 2.33. The molecule has 2 N–H and O–H groups in total. The first-order chi connectivity index (χ1) is 10.2. The first-order valence-corrected chi connectivity index (χ1v) is 7.42. The van der Waals surface area contributed by atoms with E-state index in [0.29, 0.717) is 24.8 Å². The van der Waals surface area contributed by atoms with E-state index in [4.69, 9.17) is 0 Å². The van der Waals surface area contributed by atoms with E-state index in [1.54, 1.807) is 6.92 Å². The quantitative estimate of drug-likeness (QED) is 0.876. The maximum atomic E-state index is 12.8. The summed E-state index contributed by atoms with van der Waals surface area (Å²) in [6, 6.07) is 4.85. The van der Waals surface area contributed by atoms with Crippen molar-refractivity contribution in [1.29, 1.82) is 0 Å². The van der Waals surface area contributed by atoms with E-state index in [1.807, 2.05) is 0 Å². The lowest BCUT2D eigenvalue weighted by Gasteiger charge is -2.36. The number of benzene rings is 1. The van der Waals surface area contributed by atoms with Gasteiger partial charge in [-0.3, -0.25) is 4.79 Å². The van der Waals surface area contributed by atoms with Gasteiger partial charge in [0.2, 0.25) is 5.91 Å². The molecule has 1 atom stereocenters. The molecule has 0 radical (unpaired) electrons. The number of aliphatic hydroxyl groups is 1. The molecule has 0 aromatic heterocycles. The van der Waals surface area contributed by atoms with Crippen LogP contribution in [0, 0.1) is 0 Å². The van der Waals surface area contributed by atoms with Gasteiger partial charge in [-0.2, -0.15) is 13.2 Å². The predicted octanol–water partition coefficient (Wildman–Crippen LogP) is 3.23. The van der Waals surface area contributed by atoms with Crippen LogP contribution >= 0.6 is 0 Å². The maximum Gasteiger partial charge on any atom is 0.416 e. The molecule has 1 fully saturated rings. The van der Waals surface area contributed by atoms with Crippen molar-refractivity contribution >= 4 is 5.91 Å². The molecule has 0 saturated heterocycles. The van der Waals surface area contributed by atoms with Gasteiger partial charge in [0.25, 0.3) is 0 Å². The lowest BCUT2D eigenvalue weighted by atomic mass is 9.80. The summed E-state index contributed by atoms with van der Waals surface area (Å²) in [5.41, 5.74) is -1.26. The van der Waals surface area contributed by atoms with Gasteiger partial charge < -0.3 is 10.4 Å². The molecule has 1 unspecified atom stereocenters. The number of amides is 1. The summed E-state index contributed by atoms with van der Waals surface area (Å²) in [5.74, 6) is -0.992. The predicted molar refractivity (Wildman–Crippen MR) is 76.3 cm³/mol. The fourth-order valence-electron chi connectivity index (χ4n) is 2.64. The second-order valence-corrected chi connectivity index (χ2v) is 5.88. The van der Waals surface area contributed by atoms with Crippen LogP contribution in [0.15, 0.2) is 24.3 Å². The van der Waals surface area contributed by atoms with E-state index in [1.165, 1.54) is 12.1 Å². The molecule has 22 heavy (non-hydrogen) atoms. The molecule has 0 bridgehead atoms. The molecule has 0 spiro atoms. The number of rotatable bonds is 5. The molecule has 3 nitrogen and oxygen atoms in total. The standard InChI is InChI=1S/C16H20F3NO2/c1-2-13(14(21)20-10-15(22)7-4-8-15)11-5-3-6-12(9-11)16(17,18)19/h3,5-6,9,13,22H,2,4,7-8,10H2,1H3,(H,20,21). The lowest BCUT2D eigenvalue weighted by molar-refractivity contribution is -0.137. The second kappa shape index (κ2) is 6.28. The van der Waals surface area contributed by atoms with Gasteiger partial charge in [0.05, 0.1) is 17.1 Å². The summed E-state index contributed by atoms with van der Waals surface area (Å²) >= 11 is 0. The van der Waals surface area contributed by atoms with Gasteiger partial charge in [-0.05, 0) is 37.3 Å². The molecule has 122 valence electrons. The molecule has 1 saturated carbocycles. The van der Waals surface area contributed by atoms with Crippen LogP contribution < -0.4 is 5.32 Å². The Kier molecular flexibility index (Phi) is 4.80. The van der Waals surface area contributed by atoms with Crippen LogP contribution in [0.25, 0.3) is 0 Å². The van der Waals surface area contributed by atoms with Gasteiger partial charge in [-0.25, -0.2) is 0 Å². The zero-order chi connectivity index (χ0) is 16.4. The monoisotopic (exact) mass is 315 g/mol. The van der Waals surface area contributed by atoms with Gasteiger partial charge >= 0.3 is 6.18 Å². The van der Waals surface area contributed by atoms with Gasteiger partial charge in [-0.15, -0.1) is 0 Å². The van der Waals surface area contributed by atoms with E-state index in [0.717, 1.165) is 18.6 Å². The van der Waals surface area contributed by atoms with Gasteiger partial charge in [0.15, 0.2) is 0 Å². The normalized spacial score (nSPS) is 18.4. The van der Waals surface area contributed by atoms with E-state index in [9.17, 15) is 23.1 Å². The average Bonchev–Trinajstić information content (AvgIpc) is 2.43. The third-order valence-corrected chi connectivity index (χ3v) is 4.22. The van der Waals surface area contributed by atoms with Gasteiger partial charge in [-0.1, -0.05) is 25.1 Å². The lowest BCUT2D eigenvalue weighted by Crippen LogP contribution is -2.48. The Balaban J connectivity index is 2.08. The Labute approximate surface area is 127 Å². The zero-order valence-corrected chi connectivity index (χ0v) is 12.4. The number of alkyl halides is 3. The van der Waals surface area contributed by atoms with Gasteiger partial charge in [0, 0.05) is 6.54 Å². The van der Waals surface area contributed by atoms with Crippen molar-refractivity contribution in [2.75, 3.05) is 6.54 Å². The molecule has 1 aromatic rings. The van der Waals surface area contributed by atoms with Gasteiger partial charge in [0.1, 0.15) is 0 Å². The summed E-state index contributed by atoms with van der Waals surface area (Å²) < 4.78 is 38.3. The Morgan fingerprint density at radius 2 is 2.09 bits per heavy atom. The highest BCUT2D eigenvalue weighted by atomic mass is 19.4. The minimum Gasteiger partial charge on any atom is -0.388 e. The maximum absolute atomic E-state index is 12.8. The average molecular weight is 315 g/mol. The number of halogens is 3. The molecule has 1 amide bonds. The molecule has 1 aromatic carbocycles. The highest BCUT2D eigenvalue weighted by Gasteiger charge is 2.35. The number of carbonyl (C=O) groups is 1. The molecule has 0 heterocycles. The topological polar surface area (TPSA) is 49.3 Å². The third-order valence-electron chi connectivity index (χ3n) is 4.22. The van der Waals surface area contributed by atoms with Crippen LogP contribution in [0.1, 0.15) is 49.7 Å². The largest absolute Gasteiger partial charge is 0.416 e. The van der Waals surface area contributed by atoms with Crippen molar-refractivity contribution in [1.82, 2.24) is 5.32 Å². The van der Waals surface area contributed by atoms with Crippen molar-refractivity contribution in [3.05, 3.63) is 35.4 Å². The first-order valence-electron chi connectivity index (χ1n) is 7.42. The first kappa shape index (κ1) is 16.8. The fraction of sp³-hybridized carbons (Fsp3) is 0.562. The van der Waals surface area contributed by atoms with Crippen LogP contribution in [0.2, 0.25) is 0 Å². The van der Waals surface area contributed by atoms with Crippen LogP contribution in [0.4, 0.5) is 13.2 Å². The molecule has 1 aliphatic carbocycles. The summed E-state index contributed by atoms with van der Waals surface area (Å²) in [7, 11) is 0. The number of hydrogen-bond acceptors (Lipinski definition) is 2.